The molecule has 0 N–H and O–H groups in total. The van der Waals surface area contributed by atoms with E-state index in [0.717, 1.165) is 11.1 Å². The van der Waals surface area contributed by atoms with Gasteiger partial charge in [0.15, 0.2) is 5.75 Å². The van der Waals surface area contributed by atoms with Crippen molar-refractivity contribution in [2.75, 3.05) is 6.61 Å². The molecule has 0 amide bonds. The van der Waals surface area contributed by atoms with Crippen LogP contribution in [0, 0.1) is 25.2 Å². The summed E-state index contributed by atoms with van der Waals surface area (Å²) in [4.78, 5) is 0. The van der Waals surface area contributed by atoms with E-state index in [1.807, 2.05) is 19.1 Å². The summed E-state index contributed by atoms with van der Waals surface area (Å²) in [7, 11) is 0. The van der Waals surface area contributed by atoms with Crippen molar-refractivity contribution >= 4 is 11.6 Å². The largest absolute Gasteiger partial charge is 0.490 e. The fraction of sp³-hybridized carbons (Fsp3) is 0.385. The lowest BCUT2D eigenvalue weighted by atomic mass is 10.1. The molecular formula is C13H15ClO. The van der Waals surface area contributed by atoms with Gasteiger partial charge in [-0.15, -0.1) is 6.42 Å². The van der Waals surface area contributed by atoms with E-state index in [9.17, 15) is 0 Å². The monoisotopic (exact) mass is 222 g/mol. The number of rotatable bonds is 3. The average Bonchev–Trinajstić information content (AvgIpc) is 2.14. The minimum atomic E-state index is 0.452. The first-order chi connectivity index (χ1) is 7.04. The van der Waals surface area contributed by atoms with Crippen molar-refractivity contribution in [3.8, 4) is 18.1 Å². The highest BCUT2D eigenvalue weighted by Crippen LogP contribution is 2.30. The van der Waals surface area contributed by atoms with Gasteiger partial charge in [-0.25, -0.2) is 0 Å². The van der Waals surface area contributed by atoms with E-state index in [2.05, 4.69) is 19.8 Å². The maximum Gasteiger partial charge on any atom is 0.153 e. The van der Waals surface area contributed by atoms with E-state index < -0.39 is 0 Å². The van der Waals surface area contributed by atoms with Crippen molar-refractivity contribution in [1.82, 2.24) is 0 Å². The molecule has 0 aliphatic rings. The second kappa shape index (κ2) is 5.09. The zero-order valence-corrected chi connectivity index (χ0v) is 10.1. The maximum absolute atomic E-state index is 6.08. The molecule has 0 fully saturated rings. The van der Waals surface area contributed by atoms with Gasteiger partial charge in [-0.1, -0.05) is 31.4 Å². The summed E-state index contributed by atoms with van der Waals surface area (Å²) in [6.45, 7) is 6.74. The highest BCUT2D eigenvalue weighted by atomic mass is 35.5. The molecule has 80 valence electrons. The standard InChI is InChI=1S/C13H15ClO/c1-5-11-6-10(4)7-12(14)13(11)15-8-9(2)3/h1,6-7,9H,8H2,2-4H3. The first kappa shape index (κ1) is 11.9. The Labute approximate surface area is 96.4 Å². The fourth-order valence-corrected chi connectivity index (χ4v) is 1.56. The first-order valence-corrected chi connectivity index (χ1v) is 5.32. The Bertz CT molecular complexity index is 388. The van der Waals surface area contributed by atoms with Crippen LogP contribution in [0.4, 0.5) is 0 Å². The van der Waals surface area contributed by atoms with E-state index in [-0.39, 0.29) is 0 Å². The average molecular weight is 223 g/mol. The molecule has 0 spiro atoms. The van der Waals surface area contributed by atoms with Crippen molar-refractivity contribution in [1.29, 1.82) is 0 Å². The number of aryl methyl sites for hydroxylation is 1. The number of terminal acetylenes is 1. The summed E-state index contributed by atoms with van der Waals surface area (Å²) in [5.41, 5.74) is 1.77. The Hall–Kier alpha value is -1.13. The van der Waals surface area contributed by atoms with E-state index in [0.29, 0.717) is 23.3 Å². The third kappa shape index (κ3) is 3.18. The van der Waals surface area contributed by atoms with E-state index in [4.69, 9.17) is 22.8 Å². The summed E-state index contributed by atoms with van der Waals surface area (Å²) in [6, 6.07) is 3.76. The fourth-order valence-electron chi connectivity index (χ4n) is 1.23. The third-order valence-electron chi connectivity index (χ3n) is 1.90. The van der Waals surface area contributed by atoms with Crippen LogP contribution in [0.5, 0.6) is 5.75 Å². The van der Waals surface area contributed by atoms with Crippen LogP contribution in [-0.4, -0.2) is 6.61 Å². The molecule has 0 saturated heterocycles. The normalized spacial score (nSPS) is 10.1. The Morgan fingerprint density at radius 1 is 1.47 bits per heavy atom. The van der Waals surface area contributed by atoms with Crippen LogP contribution in [0.25, 0.3) is 0 Å². The minimum Gasteiger partial charge on any atom is -0.490 e. The van der Waals surface area contributed by atoms with Crippen LogP contribution in [0.2, 0.25) is 5.02 Å². The van der Waals surface area contributed by atoms with E-state index >= 15 is 0 Å². The van der Waals surface area contributed by atoms with Crippen molar-refractivity contribution in [3.63, 3.8) is 0 Å². The van der Waals surface area contributed by atoms with Crippen LogP contribution >= 0.6 is 11.6 Å². The van der Waals surface area contributed by atoms with Gasteiger partial charge in [-0.05, 0) is 30.5 Å². The van der Waals surface area contributed by atoms with Gasteiger partial charge < -0.3 is 4.74 Å². The lowest BCUT2D eigenvalue weighted by molar-refractivity contribution is 0.270. The number of halogens is 1. The molecule has 0 unspecified atom stereocenters. The van der Waals surface area contributed by atoms with Crippen molar-refractivity contribution in [2.24, 2.45) is 5.92 Å². The second-order valence-electron chi connectivity index (χ2n) is 3.97. The molecule has 1 nitrogen and oxygen atoms in total. The molecule has 1 aromatic rings. The SMILES string of the molecule is C#Cc1cc(C)cc(Cl)c1OCC(C)C. The van der Waals surface area contributed by atoms with Gasteiger partial charge in [0.2, 0.25) is 0 Å². The van der Waals surface area contributed by atoms with Gasteiger partial charge >= 0.3 is 0 Å². The number of benzene rings is 1. The smallest absolute Gasteiger partial charge is 0.153 e. The van der Waals surface area contributed by atoms with Crippen LogP contribution in [0.15, 0.2) is 12.1 Å². The predicted molar refractivity (Wildman–Crippen MR) is 64.5 cm³/mol. The molecule has 2 heteroatoms. The Kier molecular flexibility index (Phi) is 4.05. The second-order valence-corrected chi connectivity index (χ2v) is 4.38. The van der Waals surface area contributed by atoms with Crippen molar-refractivity contribution < 1.29 is 4.74 Å². The van der Waals surface area contributed by atoms with Gasteiger partial charge in [0.1, 0.15) is 0 Å². The summed E-state index contributed by atoms with van der Waals surface area (Å²) in [5, 5.41) is 0.587. The molecular weight excluding hydrogens is 208 g/mol. The van der Waals surface area contributed by atoms with E-state index in [1.54, 1.807) is 0 Å². The number of ether oxygens (including phenoxy) is 1. The van der Waals surface area contributed by atoms with Crippen molar-refractivity contribution in [2.45, 2.75) is 20.8 Å². The summed E-state index contributed by atoms with van der Waals surface area (Å²) in [6.07, 6.45) is 5.41. The van der Waals surface area contributed by atoms with Crippen LogP contribution < -0.4 is 4.74 Å². The molecule has 1 aromatic carbocycles. The highest BCUT2D eigenvalue weighted by molar-refractivity contribution is 6.32. The summed E-state index contributed by atoms with van der Waals surface area (Å²) < 4.78 is 5.60. The van der Waals surface area contributed by atoms with Gasteiger partial charge in [0.05, 0.1) is 17.2 Å². The lowest BCUT2D eigenvalue weighted by Gasteiger charge is -2.12. The minimum absolute atomic E-state index is 0.452. The van der Waals surface area contributed by atoms with Gasteiger partial charge in [0, 0.05) is 0 Å². The van der Waals surface area contributed by atoms with Crippen LogP contribution in [-0.2, 0) is 0 Å². The maximum atomic E-state index is 6.08. The summed E-state index contributed by atoms with van der Waals surface area (Å²) >= 11 is 6.08. The Morgan fingerprint density at radius 2 is 2.13 bits per heavy atom. The highest BCUT2D eigenvalue weighted by Gasteiger charge is 2.08. The lowest BCUT2D eigenvalue weighted by Crippen LogP contribution is -2.06. The van der Waals surface area contributed by atoms with Gasteiger partial charge in [-0.2, -0.15) is 0 Å². The zero-order valence-electron chi connectivity index (χ0n) is 9.30. The molecule has 0 aliphatic carbocycles. The first-order valence-electron chi connectivity index (χ1n) is 4.94. The Balaban J connectivity index is 3.00. The van der Waals surface area contributed by atoms with Gasteiger partial charge in [0.25, 0.3) is 0 Å². The third-order valence-corrected chi connectivity index (χ3v) is 2.19. The molecule has 0 aromatic heterocycles. The predicted octanol–water partition coefficient (Wildman–Crippen LogP) is 3.66. The summed E-state index contributed by atoms with van der Waals surface area (Å²) in [5.74, 6) is 3.67. The molecule has 1 rings (SSSR count). The molecule has 15 heavy (non-hydrogen) atoms. The molecule has 0 bridgehead atoms. The molecule has 0 heterocycles. The van der Waals surface area contributed by atoms with Crippen LogP contribution in [0.3, 0.4) is 0 Å². The molecule has 0 saturated carbocycles. The zero-order chi connectivity index (χ0) is 11.4. The molecule has 0 atom stereocenters. The molecule has 0 radical (unpaired) electrons. The quantitative estimate of drug-likeness (QED) is 0.710. The van der Waals surface area contributed by atoms with Gasteiger partial charge in [-0.3, -0.25) is 0 Å². The Morgan fingerprint density at radius 3 is 2.67 bits per heavy atom. The number of hydrogen-bond acceptors (Lipinski definition) is 1. The van der Waals surface area contributed by atoms with E-state index in [1.165, 1.54) is 0 Å². The topological polar surface area (TPSA) is 9.23 Å². The number of hydrogen-bond donors (Lipinski definition) is 0. The molecule has 0 aliphatic heterocycles. The van der Waals surface area contributed by atoms with Crippen LogP contribution in [0.1, 0.15) is 25.0 Å². The van der Waals surface area contributed by atoms with Crippen molar-refractivity contribution in [3.05, 3.63) is 28.3 Å².